The second-order valence-electron chi connectivity index (χ2n) is 3.76. The summed E-state index contributed by atoms with van der Waals surface area (Å²) in [4.78, 5) is 17.3. The molecule has 6 nitrogen and oxygen atoms in total. The van der Waals surface area contributed by atoms with Crippen LogP contribution in [0.4, 0.5) is 5.82 Å². The Labute approximate surface area is 91.1 Å². The number of carboxylic acids is 1. The van der Waals surface area contributed by atoms with E-state index in [0.29, 0.717) is 5.65 Å². The lowest BCUT2D eigenvalue weighted by molar-refractivity contribution is 0.0690. The molecular formula is C10H10N4O2. The van der Waals surface area contributed by atoms with E-state index >= 15 is 0 Å². The van der Waals surface area contributed by atoms with E-state index in [1.54, 1.807) is 6.20 Å². The number of nitrogens with zero attached hydrogens (tertiary/aromatic N) is 4. The lowest BCUT2D eigenvalue weighted by Gasteiger charge is -2.31. The van der Waals surface area contributed by atoms with Crippen molar-refractivity contribution in [1.82, 2.24) is 14.6 Å². The molecule has 16 heavy (non-hydrogen) atoms. The maximum atomic E-state index is 10.7. The van der Waals surface area contributed by atoms with Crippen LogP contribution in [0.5, 0.6) is 0 Å². The van der Waals surface area contributed by atoms with Gasteiger partial charge in [-0.2, -0.15) is 5.10 Å². The Bertz CT molecular complexity index is 559. The average molecular weight is 218 g/mol. The number of fused-ring (bicyclic) bond motifs is 1. The largest absolute Gasteiger partial charge is 0.476 e. The Kier molecular flexibility index (Phi) is 1.82. The van der Waals surface area contributed by atoms with Crippen LogP contribution in [-0.2, 0) is 0 Å². The fourth-order valence-electron chi connectivity index (χ4n) is 1.70. The van der Waals surface area contributed by atoms with Gasteiger partial charge in [-0.1, -0.05) is 0 Å². The summed E-state index contributed by atoms with van der Waals surface area (Å²) in [6, 6.07) is 3.33. The Morgan fingerprint density at radius 3 is 2.88 bits per heavy atom. The fraction of sp³-hybridized carbons (Fsp3) is 0.300. The maximum absolute atomic E-state index is 10.7. The number of carboxylic acid groups (broad SMARTS) is 1. The minimum Gasteiger partial charge on any atom is -0.476 e. The smallest absolute Gasteiger partial charge is 0.356 e. The van der Waals surface area contributed by atoms with Crippen molar-refractivity contribution in [3.63, 3.8) is 0 Å². The minimum absolute atomic E-state index is 0.0215. The average Bonchev–Trinajstić information content (AvgIpc) is 2.57. The highest BCUT2D eigenvalue weighted by Crippen LogP contribution is 2.18. The van der Waals surface area contributed by atoms with E-state index < -0.39 is 5.97 Å². The molecule has 0 aliphatic carbocycles. The summed E-state index contributed by atoms with van der Waals surface area (Å²) in [5, 5.41) is 12.7. The Morgan fingerprint density at radius 2 is 2.25 bits per heavy atom. The van der Waals surface area contributed by atoms with Crippen LogP contribution in [0.1, 0.15) is 16.9 Å². The van der Waals surface area contributed by atoms with E-state index in [9.17, 15) is 4.79 Å². The predicted octanol–water partition coefficient (Wildman–Crippen LogP) is 0.638. The molecular weight excluding hydrogens is 208 g/mol. The molecule has 1 fully saturated rings. The molecule has 2 aromatic rings. The molecule has 0 aromatic carbocycles. The fourth-order valence-corrected chi connectivity index (χ4v) is 1.70. The monoisotopic (exact) mass is 218 g/mol. The number of hydrogen-bond donors (Lipinski definition) is 1. The van der Waals surface area contributed by atoms with Crippen LogP contribution in [0.25, 0.3) is 5.65 Å². The normalized spacial score (nSPS) is 15.1. The quantitative estimate of drug-likeness (QED) is 0.800. The van der Waals surface area contributed by atoms with Crippen LogP contribution in [0.2, 0.25) is 0 Å². The van der Waals surface area contributed by atoms with Crippen LogP contribution >= 0.6 is 0 Å². The van der Waals surface area contributed by atoms with E-state index in [2.05, 4.69) is 15.0 Å². The molecule has 0 amide bonds. The van der Waals surface area contributed by atoms with E-state index in [0.717, 1.165) is 18.9 Å². The molecule has 0 saturated carbocycles. The van der Waals surface area contributed by atoms with Crippen LogP contribution in [0, 0.1) is 0 Å². The molecule has 0 bridgehead atoms. The summed E-state index contributed by atoms with van der Waals surface area (Å²) in [7, 11) is 0. The van der Waals surface area contributed by atoms with Gasteiger partial charge in [0.05, 0.1) is 0 Å². The lowest BCUT2D eigenvalue weighted by atomic mass is 10.2. The number of rotatable bonds is 2. The van der Waals surface area contributed by atoms with E-state index in [1.807, 2.05) is 6.07 Å². The van der Waals surface area contributed by atoms with Crippen molar-refractivity contribution >= 4 is 17.4 Å². The summed E-state index contributed by atoms with van der Waals surface area (Å²) in [5.41, 5.74) is 0.593. The number of carbonyl (C=O) groups is 1. The SMILES string of the molecule is O=C(O)c1cc2nc(N3CCC3)ccn2n1. The van der Waals surface area contributed by atoms with Crippen molar-refractivity contribution in [3.8, 4) is 0 Å². The van der Waals surface area contributed by atoms with Gasteiger partial charge in [0.1, 0.15) is 5.82 Å². The molecule has 3 heterocycles. The van der Waals surface area contributed by atoms with Gasteiger partial charge in [-0.3, -0.25) is 0 Å². The second kappa shape index (κ2) is 3.19. The van der Waals surface area contributed by atoms with Crippen molar-refractivity contribution in [2.75, 3.05) is 18.0 Å². The summed E-state index contributed by atoms with van der Waals surface area (Å²) >= 11 is 0. The molecule has 0 unspecified atom stereocenters. The van der Waals surface area contributed by atoms with Gasteiger partial charge in [-0.15, -0.1) is 0 Å². The molecule has 2 aromatic heterocycles. The zero-order valence-electron chi connectivity index (χ0n) is 8.50. The standard InChI is InChI=1S/C10H10N4O2/c15-10(16)7-6-9-11-8(13-3-1-4-13)2-5-14(9)12-7/h2,5-6H,1,3-4H2,(H,15,16). The highest BCUT2D eigenvalue weighted by Gasteiger charge is 2.17. The zero-order valence-corrected chi connectivity index (χ0v) is 8.50. The predicted molar refractivity (Wildman–Crippen MR) is 56.8 cm³/mol. The Balaban J connectivity index is 2.06. The van der Waals surface area contributed by atoms with Crippen molar-refractivity contribution in [1.29, 1.82) is 0 Å². The molecule has 1 aliphatic heterocycles. The first-order valence-electron chi connectivity index (χ1n) is 5.09. The van der Waals surface area contributed by atoms with Crippen molar-refractivity contribution in [2.45, 2.75) is 6.42 Å². The van der Waals surface area contributed by atoms with Gasteiger partial charge in [0.15, 0.2) is 11.3 Å². The highest BCUT2D eigenvalue weighted by atomic mass is 16.4. The maximum Gasteiger partial charge on any atom is 0.356 e. The first kappa shape index (κ1) is 9.14. The van der Waals surface area contributed by atoms with Gasteiger partial charge >= 0.3 is 5.97 Å². The molecule has 1 saturated heterocycles. The molecule has 3 rings (SSSR count). The third-order valence-electron chi connectivity index (χ3n) is 2.71. The number of anilines is 1. The van der Waals surface area contributed by atoms with Crippen molar-refractivity contribution < 1.29 is 9.90 Å². The first-order valence-corrected chi connectivity index (χ1v) is 5.09. The third kappa shape index (κ3) is 1.30. The van der Waals surface area contributed by atoms with E-state index in [-0.39, 0.29) is 5.69 Å². The first-order chi connectivity index (χ1) is 7.74. The third-order valence-corrected chi connectivity index (χ3v) is 2.71. The number of hydrogen-bond acceptors (Lipinski definition) is 4. The summed E-state index contributed by atoms with van der Waals surface area (Å²) in [6.07, 6.45) is 2.93. The topological polar surface area (TPSA) is 70.7 Å². The van der Waals surface area contributed by atoms with Crippen LogP contribution in [0.3, 0.4) is 0 Å². The lowest BCUT2D eigenvalue weighted by Crippen LogP contribution is -2.37. The van der Waals surface area contributed by atoms with Crippen LogP contribution in [0.15, 0.2) is 18.3 Å². The Hall–Kier alpha value is -2.11. The van der Waals surface area contributed by atoms with Gasteiger partial charge in [-0.25, -0.2) is 14.3 Å². The van der Waals surface area contributed by atoms with Crippen LogP contribution in [-0.4, -0.2) is 38.8 Å². The highest BCUT2D eigenvalue weighted by molar-refractivity contribution is 5.86. The molecule has 1 aliphatic rings. The van der Waals surface area contributed by atoms with Gasteiger partial charge in [0, 0.05) is 25.4 Å². The van der Waals surface area contributed by atoms with Crippen LogP contribution < -0.4 is 4.90 Å². The van der Waals surface area contributed by atoms with Crippen molar-refractivity contribution in [3.05, 3.63) is 24.0 Å². The molecule has 1 N–H and O–H groups in total. The van der Waals surface area contributed by atoms with Gasteiger partial charge in [-0.05, 0) is 12.5 Å². The molecule has 0 radical (unpaired) electrons. The molecule has 0 atom stereocenters. The van der Waals surface area contributed by atoms with Crippen molar-refractivity contribution in [2.24, 2.45) is 0 Å². The molecule has 0 spiro atoms. The van der Waals surface area contributed by atoms with E-state index in [4.69, 9.17) is 5.11 Å². The van der Waals surface area contributed by atoms with Gasteiger partial charge < -0.3 is 10.0 Å². The molecule has 82 valence electrons. The minimum atomic E-state index is -1.03. The van der Waals surface area contributed by atoms with Gasteiger partial charge in [0.25, 0.3) is 0 Å². The Morgan fingerprint density at radius 1 is 1.44 bits per heavy atom. The summed E-state index contributed by atoms with van der Waals surface area (Å²) in [6.45, 7) is 2.03. The molecule has 6 heteroatoms. The summed E-state index contributed by atoms with van der Waals surface area (Å²) < 4.78 is 1.48. The van der Waals surface area contributed by atoms with E-state index in [1.165, 1.54) is 17.0 Å². The zero-order chi connectivity index (χ0) is 11.1. The number of aromatic nitrogens is 3. The summed E-state index contributed by atoms with van der Waals surface area (Å²) in [5.74, 6) is -0.147. The number of aromatic carboxylic acids is 1. The second-order valence-corrected chi connectivity index (χ2v) is 3.76. The van der Waals surface area contributed by atoms with Gasteiger partial charge in [0.2, 0.25) is 0 Å².